The number of nitrogens with zero attached hydrogens (tertiary/aromatic N) is 1. The maximum atomic E-state index is 13.5. The number of hydrogen-bond donors (Lipinski definition) is 1. The van der Waals surface area contributed by atoms with Crippen LogP contribution in [0, 0.1) is 0 Å². The van der Waals surface area contributed by atoms with E-state index in [1.54, 1.807) is 12.3 Å². The van der Waals surface area contributed by atoms with Gasteiger partial charge in [0, 0.05) is 47.9 Å². The first kappa shape index (κ1) is 23.0. The molecule has 4 rings (SSSR count). The van der Waals surface area contributed by atoms with Crippen molar-refractivity contribution >= 4 is 22.5 Å². The highest BCUT2D eigenvalue weighted by molar-refractivity contribution is 6.30. The average Bonchev–Trinajstić information content (AvgIpc) is 2.66. The minimum atomic E-state index is -4.66. The maximum absolute atomic E-state index is 13.5. The molecule has 1 N–H and O–H groups in total. The average molecular weight is 461 g/mol. The van der Waals surface area contributed by atoms with Gasteiger partial charge in [0.2, 0.25) is 5.92 Å². The van der Waals surface area contributed by atoms with Crippen molar-refractivity contribution in [1.29, 1.82) is 0 Å². The number of rotatable bonds is 2. The van der Waals surface area contributed by atoms with Gasteiger partial charge in [-0.15, -0.1) is 13.2 Å². The third-order valence-corrected chi connectivity index (χ3v) is 5.00. The molecular weight excluding hydrogens is 443 g/mol. The van der Waals surface area contributed by atoms with Crippen LogP contribution in [0.3, 0.4) is 0 Å². The Labute approximate surface area is 179 Å². The minimum Gasteiger partial charge on any atom is -0.406 e. The maximum Gasteiger partial charge on any atom is 0.573 e. The number of aromatic amines is 1. The number of alkyl halides is 5. The highest BCUT2D eigenvalue weighted by atomic mass is 35.5. The van der Waals surface area contributed by atoms with Crippen LogP contribution >= 0.6 is 11.6 Å². The standard InChI is InChI=1S/C14H14F2N2O.C7H4ClF3O/c15-14(16)4-1-2-9(7-14)12-6-13(19)10-8-17-5-3-11(10)18-12;8-5-2-1-3-6(4-5)12-7(9,10)11/h3,5-6,8-9H,1-2,4,7H2,(H,18,19);1-4H/t9-;/m0./s1. The summed E-state index contributed by atoms with van der Waals surface area (Å²) in [5.41, 5.74) is 1.11. The van der Waals surface area contributed by atoms with Crippen LogP contribution in [0.4, 0.5) is 22.0 Å². The van der Waals surface area contributed by atoms with E-state index in [2.05, 4.69) is 14.7 Å². The molecule has 0 aliphatic heterocycles. The molecule has 31 heavy (non-hydrogen) atoms. The van der Waals surface area contributed by atoms with Crippen molar-refractivity contribution in [2.45, 2.75) is 43.9 Å². The lowest BCUT2D eigenvalue weighted by Crippen LogP contribution is -2.26. The van der Waals surface area contributed by atoms with E-state index in [1.807, 2.05) is 0 Å². The molecule has 0 unspecified atom stereocenters. The van der Waals surface area contributed by atoms with Gasteiger partial charge in [-0.2, -0.15) is 0 Å². The van der Waals surface area contributed by atoms with Crippen molar-refractivity contribution < 1.29 is 26.7 Å². The summed E-state index contributed by atoms with van der Waals surface area (Å²) in [5, 5.41) is 0.700. The van der Waals surface area contributed by atoms with Gasteiger partial charge in [-0.25, -0.2) is 8.78 Å². The second kappa shape index (κ2) is 9.21. The molecule has 2 aromatic heterocycles. The summed E-state index contributed by atoms with van der Waals surface area (Å²) < 4.78 is 65.3. The molecular formula is C21H18ClF5N2O2. The summed E-state index contributed by atoms with van der Waals surface area (Å²) in [7, 11) is 0. The van der Waals surface area contributed by atoms with Crippen molar-refractivity contribution in [1.82, 2.24) is 9.97 Å². The van der Waals surface area contributed by atoms with Gasteiger partial charge in [-0.1, -0.05) is 17.7 Å². The Hall–Kier alpha value is -2.68. The van der Waals surface area contributed by atoms with Crippen LogP contribution in [-0.4, -0.2) is 22.3 Å². The first-order valence-electron chi connectivity index (χ1n) is 9.38. The van der Waals surface area contributed by atoms with E-state index in [9.17, 15) is 26.7 Å². The zero-order valence-electron chi connectivity index (χ0n) is 16.1. The minimum absolute atomic E-state index is 0.0504. The third-order valence-electron chi connectivity index (χ3n) is 4.76. The van der Waals surface area contributed by atoms with E-state index < -0.39 is 12.3 Å². The zero-order chi connectivity index (χ0) is 22.6. The number of H-pyrrole nitrogens is 1. The molecule has 1 atom stereocenters. The van der Waals surface area contributed by atoms with Crippen molar-refractivity contribution in [3.8, 4) is 5.75 Å². The van der Waals surface area contributed by atoms with Crippen molar-refractivity contribution in [2.75, 3.05) is 0 Å². The van der Waals surface area contributed by atoms with Crippen LogP contribution in [0.5, 0.6) is 5.75 Å². The van der Waals surface area contributed by atoms with Gasteiger partial charge in [0.25, 0.3) is 0 Å². The molecule has 2 heterocycles. The number of nitrogens with one attached hydrogen (secondary N) is 1. The van der Waals surface area contributed by atoms with Crippen molar-refractivity contribution in [3.05, 3.63) is 69.7 Å². The summed E-state index contributed by atoms with van der Waals surface area (Å²) >= 11 is 5.43. The number of fused-ring (bicyclic) bond motifs is 1. The molecule has 0 spiro atoms. The number of pyridine rings is 2. The number of ether oxygens (including phenoxy) is 1. The quantitative estimate of drug-likeness (QED) is 0.447. The Balaban J connectivity index is 0.000000196. The Kier molecular flexibility index (Phi) is 6.83. The lowest BCUT2D eigenvalue weighted by molar-refractivity contribution is -0.274. The molecule has 0 radical (unpaired) electrons. The highest BCUT2D eigenvalue weighted by Crippen LogP contribution is 2.41. The summed E-state index contributed by atoms with van der Waals surface area (Å²) in [6.45, 7) is 0. The Morgan fingerprint density at radius 1 is 1.19 bits per heavy atom. The lowest BCUT2D eigenvalue weighted by atomic mass is 9.84. The van der Waals surface area contributed by atoms with E-state index in [0.717, 1.165) is 6.07 Å². The number of aromatic nitrogens is 2. The lowest BCUT2D eigenvalue weighted by Gasteiger charge is -2.28. The predicted octanol–water partition coefficient (Wildman–Crippen LogP) is 6.45. The first-order chi connectivity index (χ1) is 14.5. The van der Waals surface area contributed by atoms with E-state index in [1.165, 1.54) is 30.5 Å². The first-order valence-corrected chi connectivity index (χ1v) is 9.76. The Bertz CT molecular complexity index is 1100. The fraction of sp³-hybridized carbons (Fsp3) is 0.333. The molecule has 166 valence electrons. The Morgan fingerprint density at radius 2 is 1.97 bits per heavy atom. The third kappa shape index (κ3) is 6.65. The largest absolute Gasteiger partial charge is 0.573 e. The molecule has 0 bridgehead atoms. The summed E-state index contributed by atoms with van der Waals surface area (Å²) in [4.78, 5) is 19.0. The van der Waals surface area contributed by atoms with Gasteiger partial charge in [-0.3, -0.25) is 9.78 Å². The molecule has 1 fully saturated rings. The number of benzene rings is 1. The van der Waals surface area contributed by atoms with Gasteiger partial charge in [0.05, 0.1) is 10.9 Å². The van der Waals surface area contributed by atoms with Crippen LogP contribution in [0.15, 0.2) is 53.6 Å². The van der Waals surface area contributed by atoms with Gasteiger partial charge < -0.3 is 9.72 Å². The van der Waals surface area contributed by atoms with Crippen molar-refractivity contribution in [3.63, 3.8) is 0 Å². The predicted molar refractivity (Wildman–Crippen MR) is 107 cm³/mol. The summed E-state index contributed by atoms with van der Waals surface area (Å²) in [5.74, 6) is -3.20. The van der Waals surface area contributed by atoms with E-state index in [4.69, 9.17) is 11.6 Å². The zero-order valence-corrected chi connectivity index (χ0v) is 16.8. The highest BCUT2D eigenvalue weighted by Gasteiger charge is 2.37. The van der Waals surface area contributed by atoms with Crippen molar-refractivity contribution in [2.24, 2.45) is 0 Å². The topological polar surface area (TPSA) is 55.0 Å². The second-order valence-corrected chi connectivity index (χ2v) is 7.60. The van der Waals surface area contributed by atoms with E-state index in [0.29, 0.717) is 29.4 Å². The van der Waals surface area contributed by atoms with Gasteiger partial charge in [0.15, 0.2) is 5.43 Å². The molecule has 0 amide bonds. The second-order valence-electron chi connectivity index (χ2n) is 7.16. The molecule has 4 nitrogen and oxygen atoms in total. The fourth-order valence-electron chi connectivity index (χ4n) is 3.43. The molecule has 0 saturated heterocycles. The molecule has 1 aliphatic rings. The van der Waals surface area contributed by atoms with Gasteiger partial charge in [-0.05, 0) is 37.1 Å². The molecule has 10 heteroatoms. The molecule has 1 aliphatic carbocycles. The van der Waals surface area contributed by atoms with Gasteiger partial charge >= 0.3 is 6.36 Å². The molecule has 3 aromatic rings. The van der Waals surface area contributed by atoms with E-state index in [-0.39, 0.29) is 35.0 Å². The SMILES string of the molecule is FC(F)(F)Oc1cccc(Cl)c1.O=c1cc([C@H]2CCCC(F)(F)C2)[nH]c2ccncc12. The van der Waals surface area contributed by atoms with Crippen LogP contribution in [0.1, 0.15) is 37.3 Å². The summed E-state index contributed by atoms with van der Waals surface area (Å²) in [6, 6.07) is 8.25. The Morgan fingerprint density at radius 3 is 2.65 bits per heavy atom. The summed E-state index contributed by atoms with van der Waals surface area (Å²) in [6.07, 6.45) is -0.628. The van der Waals surface area contributed by atoms with Crippen LogP contribution in [0.25, 0.3) is 10.9 Å². The van der Waals surface area contributed by atoms with Crippen LogP contribution < -0.4 is 10.2 Å². The van der Waals surface area contributed by atoms with E-state index >= 15 is 0 Å². The van der Waals surface area contributed by atoms with Crippen LogP contribution in [0.2, 0.25) is 5.02 Å². The smallest absolute Gasteiger partial charge is 0.406 e. The van der Waals surface area contributed by atoms with Gasteiger partial charge in [0.1, 0.15) is 5.75 Å². The molecule has 1 aromatic carbocycles. The monoisotopic (exact) mass is 460 g/mol. The normalized spacial score (nSPS) is 18.2. The fourth-order valence-corrected chi connectivity index (χ4v) is 3.61. The van der Waals surface area contributed by atoms with Crippen LogP contribution in [-0.2, 0) is 0 Å². The molecule has 1 saturated carbocycles. The number of hydrogen-bond acceptors (Lipinski definition) is 3. The number of halogens is 6.